The van der Waals surface area contributed by atoms with Gasteiger partial charge in [0, 0.05) is 6.54 Å². The van der Waals surface area contributed by atoms with E-state index in [1.165, 1.54) is 18.2 Å². The van der Waals surface area contributed by atoms with Crippen molar-refractivity contribution in [1.82, 2.24) is 10.2 Å². The Morgan fingerprint density at radius 1 is 1.58 bits per heavy atom. The molecule has 1 aliphatic heterocycles. The summed E-state index contributed by atoms with van der Waals surface area (Å²) in [4.78, 5) is 14.0. The van der Waals surface area contributed by atoms with Crippen LogP contribution in [0.5, 0.6) is 0 Å². The van der Waals surface area contributed by atoms with Gasteiger partial charge in [-0.15, -0.1) is 0 Å². The first-order valence-electron chi connectivity index (χ1n) is 6.10. The Morgan fingerprint density at radius 2 is 2.32 bits per heavy atom. The van der Waals surface area contributed by atoms with E-state index in [-0.39, 0.29) is 16.6 Å². The summed E-state index contributed by atoms with van der Waals surface area (Å²) in [5.74, 6) is -1.25. The van der Waals surface area contributed by atoms with Crippen LogP contribution in [-0.4, -0.2) is 48.2 Å². The average Bonchev–Trinajstić information content (AvgIpc) is 2.32. The van der Waals surface area contributed by atoms with Crippen LogP contribution in [0.1, 0.15) is 16.8 Å². The minimum absolute atomic E-state index is 0.0694. The quantitative estimate of drug-likeness (QED) is 0.861. The summed E-state index contributed by atoms with van der Waals surface area (Å²) in [5, 5.41) is 12.6. The zero-order valence-electron chi connectivity index (χ0n) is 10.6. The van der Waals surface area contributed by atoms with Crippen molar-refractivity contribution in [2.45, 2.75) is 18.6 Å². The highest BCUT2D eigenvalue weighted by Crippen LogP contribution is 2.19. The molecule has 0 radical (unpaired) electrons. The molecule has 1 aromatic carbocycles. The Morgan fingerprint density at radius 3 is 2.95 bits per heavy atom. The van der Waals surface area contributed by atoms with Crippen molar-refractivity contribution in [3.8, 4) is 0 Å². The zero-order chi connectivity index (χ0) is 14.0. The standard InChI is InChI=1S/C13H16ClFN2O2/c1-17-6-5-10(11(18)7-17)16-13(19)12-8(14)3-2-4-9(12)15/h2-4,10-11,18H,5-7H2,1H3,(H,16,19). The molecule has 6 heteroatoms. The van der Waals surface area contributed by atoms with Crippen LogP contribution in [0.2, 0.25) is 5.02 Å². The van der Waals surface area contributed by atoms with E-state index >= 15 is 0 Å². The van der Waals surface area contributed by atoms with Crippen LogP contribution in [0.4, 0.5) is 4.39 Å². The Balaban J connectivity index is 2.09. The first-order valence-corrected chi connectivity index (χ1v) is 6.48. The number of carbonyl (C=O) groups is 1. The number of benzene rings is 1. The number of carbonyl (C=O) groups excluding carboxylic acids is 1. The molecule has 0 aliphatic carbocycles. The van der Waals surface area contributed by atoms with Crippen LogP contribution in [0.3, 0.4) is 0 Å². The molecule has 1 heterocycles. The molecule has 0 bridgehead atoms. The van der Waals surface area contributed by atoms with Crippen molar-refractivity contribution in [1.29, 1.82) is 0 Å². The second-order valence-electron chi connectivity index (χ2n) is 4.79. The highest BCUT2D eigenvalue weighted by molar-refractivity contribution is 6.33. The molecule has 1 aliphatic rings. The lowest BCUT2D eigenvalue weighted by molar-refractivity contribution is 0.0471. The summed E-state index contributed by atoms with van der Waals surface area (Å²) in [6.07, 6.45) is -0.0385. The molecule has 2 rings (SSSR count). The number of halogens is 2. The fraction of sp³-hybridized carbons (Fsp3) is 0.462. The fourth-order valence-corrected chi connectivity index (χ4v) is 2.46. The highest BCUT2D eigenvalue weighted by Gasteiger charge is 2.28. The minimum Gasteiger partial charge on any atom is -0.390 e. The van der Waals surface area contributed by atoms with Gasteiger partial charge in [-0.3, -0.25) is 4.79 Å². The maximum Gasteiger partial charge on any atom is 0.256 e. The van der Waals surface area contributed by atoms with Crippen LogP contribution < -0.4 is 5.32 Å². The van der Waals surface area contributed by atoms with Crippen molar-refractivity contribution in [2.24, 2.45) is 0 Å². The molecular weight excluding hydrogens is 271 g/mol. The van der Waals surface area contributed by atoms with Gasteiger partial charge in [0.1, 0.15) is 5.82 Å². The molecule has 2 unspecified atom stereocenters. The Kier molecular flexibility index (Phi) is 4.39. The van der Waals surface area contributed by atoms with Crippen molar-refractivity contribution in [2.75, 3.05) is 20.1 Å². The van der Waals surface area contributed by atoms with Gasteiger partial charge in [-0.25, -0.2) is 4.39 Å². The van der Waals surface area contributed by atoms with E-state index in [0.717, 1.165) is 6.54 Å². The molecule has 0 spiro atoms. The lowest BCUT2D eigenvalue weighted by Crippen LogP contribution is -2.53. The number of piperidine rings is 1. The summed E-state index contributed by atoms with van der Waals surface area (Å²) in [5.41, 5.74) is -0.171. The van der Waals surface area contributed by atoms with Crippen molar-refractivity contribution >= 4 is 17.5 Å². The Hall–Kier alpha value is -1.17. The first kappa shape index (κ1) is 14.2. The normalized spacial score (nSPS) is 24.2. The van der Waals surface area contributed by atoms with Crippen LogP contribution in [-0.2, 0) is 0 Å². The lowest BCUT2D eigenvalue weighted by Gasteiger charge is -2.34. The highest BCUT2D eigenvalue weighted by atomic mass is 35.5. The third kappa shape index (κ3) is 3.23. The monoisotopic (exact) mass is 286 g/mol. The number of hydrogen-bond acceptors (Lipinski definition) is 3. The molecule has 0 saturated carbocycles. The van der Waals surface area contributed by atoms with E-state index < -0.39 is 17.8 Å². The molecule has 2 atom stereocenters. The number of likely N-dealkylation sites (tertiary alicyclic amines) is 1. The third-order valence-corrected chi connectivity index (χ3v) is 3.61. The molecule has 4 nitrogen and oxygen atoms in total. The molecule has 1 amide bonds. The van der Waals surface area contributed by atoms with Gasteiger partial charge in [0.25, 0.3) is 5.91 Å². The van der Waals surface area contributed by atoms with E-state index in [0.29, 0.717) is 13.0 Å². The number of aliphatic hydroxyl groups is 1. The van der Waals surface area contributed by atoms with Crippen LogP contribution in [0.15, 0.2) is 18.2 Å². The topological polar surface area (TPSA) is 52.6 Å². The number of aliphatic hydroxyl groups excluding tert-OH is 1. The van der Waals surface area contributed by atoms with Gasteiger partial charge in [-0.2, -0.15) is 0 Å². The number of β-amino-alcohol motifs (C(OH)–C–C–N with tert-alkyl or cyclic N) is 1. The molecule has 1 aromatic rings. The second-order valence-corrected chi connectivity index (χ2v) is 5.20. The van der Waals surface area contributed by atoms with Crippen LogP contribution in [0.25, 0.3) is 0 Å². The predicted octanol–water partition coefficient (Wildman–Crippen LogP) is 1.27. The molecule has 0 aromatic heterocycles. The summed E-state index contributed by atoms with van der Waals surface area (Å²) in [7, 11) is 1.90. The minimum atomic E-state index is -0.660. The summed E-state index contributed by atoms with van der Waals surface area (Å²) in [6.45, 7) is 1.25. The summed E-state index contributed by atoms with van der Waals surface area (Å²) >= 11 is 5.83. The van der Waals surface area contributed by atoms with Crippen molar-refractivity contribution in [3.05, 3.63) is 34.6 Å². The first-order chi connectivity index (χ1) is 8.99. The number of nitrogens with zero attached hydrogens (tertiary/aromatic N) is 1. The van der Waals surface area contributed by atoms with Gasteiger partial charge in [-0.05, 0) is 32.1 Å². The Bertz CT molecular complexity index is 463. The smallest absolute Gasteiger partial charge is 0.256 e. The molecule has 104 valence electrons. The van der Waals surface area contributed by atoms with Gasteiger partial charge >= 0.3 is 0 Å². The lowest BCUT2D eigenvalue weighted by atomic mass is 10.0. The fourth-order valence-electron chi connectivity index (χ4n) is 2.21. The number of hydrogen-bond donors (Lipinski definition) is 2. The van der Waals surface area contributed by atoms with Gasteiger partial charge in [0.2, 0.25) is 0 Å². The van der Waals surface area contributed by atoms with Crippen LogP contribution >= 0.6 is 11.6 Å². The molecular formula is C13H16ClFN2O2. The molecule has 2 N–H and O–H groups in total. The van der Waals surface area contributed by atoms with E-state index in [2.05, 4.69) is 5.32 Å². The molecule has 1 saturated heterocycles. The van der Waals surface area contributed by atoms with Gasteiger partial charge in [-0.1, -0.05) is 17.7 Å². The number of amides is 1. The van der Waals surface area contributed by atoms with Crippen molar-refractivity contribution < 1.29 is 14.3 Å². The van der Waals surface area contributed by atoms with E-state index in [4.69, 9.17) is 11.6 Å². The van der Waals surface area contributed by atoms with E-state index in [1.54, 1.807) is 0 Å². The van der Waals surface area contributed by atoms with Crippen molar-refractivity contribution in [3.63, 3.8) is 0 Å². The number of nitrogens with one attached hydrogen (secondary N) is 1. The van der Waals surface area contributed by atoms with E-state index in [1.807, 2.05) is 11.9 Å². The molecule has 19 heavy (non-hydrogen) atoms. The number of rotatable bonds is 2. The third-order valence-electron chi connectivity index (χ3n) is 3.29. The second kappa shape index (κ2) is 5.86. The Labute approximate surface area is 116 Å². The van der Waals surface area contributed by atoms with Crippen LogP contribution in [0, 0.1) is 5.82 Å². The summed E-state index contributed by atoms with van der Waals surface area (Å²) < 4.78 is 13.6. The predicted molar refractivity (Wildman–Crippen MR) is 70.8 cm³/mol. The molecule has 1 fully saturated rings. The SMILES string of the molecule is CN1CCC(NC(=O)c2c(F)cccc2Cl)C(O)C1. The van der Waals surface area contributed by atoms with Gasteiger partial charge < -0.3 is 15.3 Å². The van der Waals surface area contributed by atoms with Gasteiger partial charge in [0.15, 0.2) is 0 Å². The average molecular weight is 287 g/mol. The maximum atomic E-state index is 13.6. The van der Waals surface area contributed by atoms with Gasteiger partial charge in [0.05, 0.1) is 22.7 Å². The summed E-state index contributed by atoms with van der Waals surface area (Å²) in [6, 6.07) is 3.72. The maximum absolute atomic E-state index is 13.6. The zero-order valence-corrected chi connectivity index (χ0v) is 11.3. The number of likely N-dealkylation sites (N-methyl/N-ethyl adjacent to an activating group) is 1. The van der Waals surface area contributed by atoms with E-state index in [9.17, 15) is 14.3 Å². The largest absolute Gasteiger partial charge is 0.390 e.